The number of nitrogens with zero attached hydrogens (tertiary/aromatic N) is 1. The fraction of sp³-hybridized carbons (Fsp3) is 0.250. The molecule has 2 rings (SSSR count). The highest BCUT2D eigenvalue weighted by molar-refractivity contribution is 6.34. The molecule has 6 heteroatoms. The summed E-state index contributed by atoms with van der Waals surface area (Å²) in [6.07, 6.45) is 0. The molecule has 0 fully saturated rings. The number of ketones is 1. The quantitative estimate of drug-likeness (QED) is 0.621. The number of ether oxygens (including phenoxy) is 1. The van der Waals surface area contributed by atoms with Crippen LogP contribution in [0.25, 0.3) is 5.69 Å². The summed E-state index contributed by atoms with van der Waals surface area (Å²) < 4.78 is 6.65. The molecule has 0 amide bonds. The number of carbonyl (C=O) groups is 2. The highest BCUT2D eigenvalue weighted by Crippen LogP contribution is 2.26. The van der Waals surface area contributed by atoms with Crippen LogP contribution in [0.3, 0.4) is 0 Å². The van der Waals surface area contributed by atoms with Crippen molar-refractivity contribution in [1.29, 1.82) is 0 Å². The molecule has 0 radical (unpaired) electrons. The molecule has 4 nitrogen and oxygen atoms in total. The molecule has 2 aromatic rings. The molecular weight excluding hydrogens is 325 g/mol. The smallest absolute Gasteiger partial charge is 0.303 e. The number of benzene rings is 1. The van der Waals surface area contributed by atoms with Crippen LogP contribution in [-0.2, 0) is 9.53 Å². The van der Waals surface area contributed by atoms with Crippen LogP contribution in [0.4, 0.5) is 0 Å². The Kier molecular flexibility index (Phi) is 4.94. The topological polar surface area (TPSA) is 48.3 Å². The van der Waals surface area contributed by atoms with Crippen LogP contribution in [-0.4, -0.2) is 22.9 Å². The number of rotatable bonds is 4. The monoisotopic (exact) mass is 339 g/mol. The molecule has 0 atom stereocenters. The van der Waals surface area contributed by atoms with Crippen molar-refractivity contribution in [2.75, 3.05) is 6.61 Å². The molecule has 22 heavy (non-hydrogen) atoms. The van der Waals surface area contributed by atoms with Gasteiger partial charge in [0.1, 0.15) is 0 Å². The van der Waals surface area contributed by atoms with Crippen LogP contribution in [0.2, 0.25) is 10.0 Å². The lowest BCUT2D eigenvalue weighted by Crippen LogP contribution is -2.12. The van der Waals surface area contributed by atoms with E-state index >= 15 is 0 Å². The van der Waals surface area contributed by atoms with Gasteiger partial charge in [0.15, 0.2) is 6.61 Å². The second kappa shape index (κ2) is 6.55. The van der Waals surface area contributed by atoms with Gasteiger partial charge in [-0.15, -0.1) is 0 Å². The Morgan fingerprint density at radius 2 is 1.68 bits per heavy atom. The first-order chi connectivity index (χ1) is 10.3. The highest BCUT2D eigenvalue weighted by Gasteiger charge is 2.18. The Hall–Kier alpha value is -1.78. The number of aryl methyl sites for hydroxylation is 1. The van der Waals surface area contributed by atoms with Crippen molar-refractivity contribution in [1.82, 2.24) is 4.57 Å². The van der Waals surface area contributed by atoms with Gasteiger partial charge in [-0.2, -0.15) is 0 Å². The first kappa shape index (κ1) is 16.6. The molecule has 0 unspecified atom stereocenters. The molecule has 0 bridgehead atoms. The summed E-state index contributed by atoms with van der Waals surface area (Å²) in [5, 5.41) is 1.03. The van der Waals surface area contributed by atoms with E-state index < -0.39 is 5.97 Å². The summed E-state index contributed by atoms with van der Waals surface area (Å²) in [5.41, 5.74) is 2.89. The number of aromatic nitrogens is 1. The predicted octanol–water partition coefficient (Wildman–Crippen LogP) is 4.15. The Bertz CT molecular complexity index is 730. The number of carbonyl (C=O) groups excluding carboxylic acids is 2. The predicted molar refractivity (Wildman–Crippen MR) is 86.2 cm³/mol. The summed E-state index contributed by atoms with van der Waals surface area (Å²) >= 11 is 12.1. The molecule has 0 aliphatic heterocycles. The van der Waals surface area contributed by atoms with E-state index in [1.807, 2.05) is 18.4 Å². The SMILES string of the molecule is CC(=O)OCC(=O)c1cc(C)n(-c2cc(Cl)cc(Cl)c2)c1C. The van der Waals surface area contributed by atoms with Gasteiger partial charge in [-0.25, -0.2) is 0 Å². The summed E-state index contributed by atoms with van der Waals surface area (Å²) in [5.74, 6) is -0.730. The maximum atomic E-state index is 12.2. The van der Waals surface area contributed by atoms with E-state index in [0.29, 0.717) is 15.6 Å². The number of hydrogen-bond donors (Lipinski definition) is 0. The average Bonchev–Trinajstić information content (AvgIpc) is 2.70. The lowest BCUT2D eigenvalue weighted by molar-refractivity contribution is -0.139. The van der Waals surface area contributed by atoms with Crippen molar-refractivity contribution >= 4 is 35.0 Å². The largest absolute Gasteiger partial charge is 0.457 e. The second-order valence-electron chi connectivity index (χ2n) is 4.95. The number of Topliss-reactive ketones (excluding diaryl/α,β-unsaturated/α-hetero) is 1. The molecule has 0 saturated heterocycles. The minimum absolute atomic E-state index is 0.248. The Balaban J connectivity index is 2.42. The second-order valence-corrected chi connectivity index (χ2v) is 5.82. The van der Waals surface area contributed by atoms with Crippen molar-refractivity contribution < 1.29 is 14.3 Å². The van der Waals surface area contributed by atoms with E-state index in [-0.39, 0.29) is 12.4 Å². The molecule has 0 aliphatic rings. The lowest BCUT2D eigenvalue weighted by atomic mass is 10.1. The molecule has 0 aliphatic carbocycles. The van der Waals surface area contributed by atoms with Crippen LogP contribution in [0.15, 0.2) is 24.3 Å². The fourth-order valence-electron chi connectivity index (χ4n) is 2.36. The minimum atomic E-state index is -0.483. The third-order valence-electron chi connectivity index (χ3n) is 3.24. The van der Waals surface area contributed by atoms with Gasteiger partial charge in [-0.3, -0.25) is 9.59 Å². The average molecular weight is 340 g/mol. The molecule has 0 N–H and O–H groups in total. The van der Waals surface area contributed by atoms with Gasteiger partial charge < -0.3 is 9.30 Å². The molecule has 0 saturated carbocycles. The first-order valence-electron chi connectivity index (χ1n) is 6.61. The summed E-state index contributed by atoms with van der Waals surface area (Å²) in [6, 6.07) is 6.95. The third-order valence-corrected chi connectivity index (χ3v) is 3.68. The summed E-state index contributed by atoms with van der Waals surface area (Å²) in [6.45, 7) is 4.70. The van der Waals surface area contributed by atoms with Crippen molar-refractivity contribution in [3.63, 3.8) is 0 Å². The summed E-state index contributed by atoms with van der Waals surface area (Å²) in [7, 11) is 0. The summed E-state index contributed by atoms with van der Waals surface area (Å²) in [4.78, 5) is 23.0. The van der Waals surface area contributed by atoms with Gasteiger partial charge in [-0.1, -0.05) is 23.2 Å². The van der Waals surface area contributed by atoms with E-state index in [2.05, 4.69) is 0 Å². The maximum Gasteiger partial charge on any atom is 0.303 e. The van der Waals surface area contributed by atoms with Crippen LogP contribution >= 0.6 is 23.2 Å². The fourth-order valence-corrected chi connectivity index (χ4v) is 2.87. The molecule has 0 spiro atoms. The van der Waals surface area contributed by atoms with Crippen LogP contribution < -0.4 is 0 Å². The molecule has 1 aromatic heterocycles. The van der Waals surface area contributed by atoms with E-state index in [9.17, 15) is 9.59 Å². The van der Waals surface area contributed by atoms with Crippen LogP contribution in [0, 0.1) is 13.8 Å². The lowest BCUT2D eigenvalue weighted by Gasteiger charge is -2.11. The molecule has 116 valence electrons. The van der Waals surface area contributed by atoms with Crippen LogP contribution in [0.1, 0.15) is 28.7 Å². The van der Waals surface area contributed by atoms with E-state index in [4.69, 9.17) is 27.9 Å². The number of esters is 1. The minimum Gasteiger partial charge on any atom is -0.457 e. The van der Waals surface area contributed by atoms with Crippen molar-refractivity contribution in [2.24, 2.45) is 0 Å². The maximum absolute atomic E-state index is 12.2. The zero-order valence-electron chi connectivity index (χ0n) is 12.4. The van der Waals surface area contributed by atoms with Gasteiger partial charge in [0.25, 0.3) is 0 Å². The highest BCUT2D eigenvalue weighted by atomic mass is 35.5. The van der Waals surface area contributed by atoms with Gasteiger partial charge in [-0.05, 0) is 38.1 Å². The number of hydrogen-bond acceptors (Lipinski definition) is 3. The van der Waals surface area contributed by atoms with Crippen molar-refractivity contribution in [3.05, 3.63) is 51.3 Å². The molecule has 1 aromatic carbocycles. The van der Waals surface area contributed by atoms with Crippen molar-refractivity contribution in [2.45, 2.75) is 20.8 Å². The zero-order chi connectivity index (χ0) is 16.4. The Morgan fingerprint density at radius 3 is 2.23 bits per heavy atom. The molecule has 1 heterocycles. The van der Waals surface area contributed by atoms with Gasteiger partial charge in [0.2, 0.25) is 5.78 Å². The van der Waals surface area contributed by atoms with Gasteiger partial charge in [0.05, 0.1) is 0 Å². The standard InChI is InChI=1S/C16H15Cl2NO3/c1-9-4-15(16(21)8-22-11(3)20)10(2)19(9)14-6-12(17)5-13(18)7-14/h4-7H,8H2,1-3H3. The van der Waals surface area contributed by atoms with Crippen molar-refractivity contribution in [3.8, 4) is 5.69 Å². The zero-order valence-corrected chi connectivity index (χ0v) is 14.0. The van der Waals surface area contributed by atoms with E-state index in [0.717, 1.165) is 17.1 Å². The number of halogens is 2. The van der Waals surface area contributed by atoms with E-state index in [1.165, 1.54) is 6.92 Å². The van der Waals surface area contributed by atoms with Crippen LogP contribution in [0.5, 0.6) is 0 Å². The Morgan fingerprint density at radius 1 is 1.09 bits per heavy atom. The molecular formula is C16H15Cl2NO3. The van der Waals surface area contributed by atoms with Gasteiger partial charge in [0, 0.05) is 39.6 Å². The Labute approximate surface area is 138 Å². The first-order valence-corrected chi connectivity index (χ1v) is 7.37. The third kappa shape index (κ3) is 3.51. The van der Waals surface area contributed by atoms with Gasteiger partial charge >= 0.3 is 5.97 Å². The van der Waals surface area contributed by atoms with E-state index in [1.54, 1.807) is 24.3 Å². The normalized spacial score (nSPS) is 10.6.